The van der Waals surface area contributed by atoms with Crippen LogP contribution in [0.25, 0.3) is 0 Å². The van der Waals surface area contributed by atoms with E-state index in [1.54, 1.807) is 25.1 Å². The molecule has 0 amide bonds. The second-order valence-corrected chi connectivity index (χ2v) is 6.53. The van der Waals surface area contributed by atoms with Crippen LogP contribution >= 0.6 is 0 Å². The summed E-state index contributed by atoms with van der Waals surface area (Å²) in [5.41, 5.74) is 0.410. The lowest BCUT2D eigenvalue weighted by Gasteiger charge is -2.09. The van der Waals surface area contributed by atoms with Crippen molar-refractivity contribution in [3.63, 3.8) is 0 Å². The lowest BCUT2D eigenvalue weighted by atomic mass is 10.1. The minimum absolute atomic E-state index is 0.00203. The zero-order valence-electron chi connectivity index (χ0n) is 12.6. The van der Waals surface area contributed by atoms with Gasteiger partial charge in [-0.15, -0.1) is 0 Å². The fourth-order valence-corrected chi connectivity index (χ4v) is 3.07. The molecule has 0 atom stereocenters. The normalized spacial score (nSPS) is 11.4. The average Bonchev–Trinajstić information content (AvgIpc) is 2.51. The molecule has 0 unspecified atom stereocenters. The van der Waals surface area contributed by atoms with E-state index in [1.807, 2.05) is 0 Å². The molecule has 0 aliphatic rings. The van der Waals surface area contributed by atoms with Gasteiger partial charge in [-0.3, -0.25) is 0 Å². The van der Waals surface area contributed by atoms with Crippen LogP contribution in [0.3, 0.4) is 0 Å². The Kier molecular flexibility index (Phi) is 5.68. The minimum atomic E-state index is -3.87. The summed E-state index contributed by atoms with van der Waals surface area (Å²) in [6, 6.07) is 9.56. The van der Waals surface area contributed by atoms with Gasteiger partial charge in [0, 0.05) is 6.54 Å². The summed E-state index contributed by atoms with van der Waals surface area (Å²) in [5, 5.41) is 0. The number of halogens is 2. The number of nitrogens with one attached hydrogen (secondary N) is 1. The maximum atomic E-state index is 13.7. The van der Waals surface area contributed by atoms with Crippen LogP contribution in [0.4, 0.5) is 8.78 Å². The van der Waals surface area contributed by atoms with Crippen molar-refractivity contribution in [1.29, 1.82) is 0 Å². The Morgan fingerprint density at radius 3 is 2.48 bits per heavy atom. The largest absolute Gasteiger partial charge is 0.491 e. The fourth-order valence-electron chi connectivity index (χ4n) is 2.03. The lowest BCUT2D eigenvalue weighted by molar-refractivity contribution is 0.321. The molecule has 2 rings (SSSR count). The second kappa shape index (κ2) is 7.52. The molecule has 0 spiro atoms. The molecule has 1 N–H and O–H groups in total. The van der Waals surface area contributed by atoms with Gasteiger partial charge in [-0.05, 0) is 43.2 Å². The minimum Gasteiger partial charge on any atom is -0.491 e. The summed E-state index contributed by atoms with van der Waals surface area (Å²) in [7, 11) is -3.87. The van der Waals surface area contributed by atoms with Gasteiger partial charge in [0.25, 0.3) is 0 Å². The van der Waals surface area contributed by atoms with Gasteiger partial charge in [0.2, 0.25) is 10.0 Å². The highest BCUT2D eigenvalue weighted by molar-refractivity contribution is 7.89. The molecule has 4 nitrogen and oxygen atoms in total. The maximum Gasteiger partial charge on any atom is 0.240 e. The van der Waals surface area contributed by atoms with E-state index in [0.717, 1.165) is 6.07 Å². The first kappa shape index (κ1) is 17.4. The molecular weight excluding hydrogens is 324 g/mol. The highest BCUT2D eigenvalue weighted by Gasteiger charge is 2.16. The summed E-state index contributed by atoms with van der Waals surface area (Å²) in [6.07, 6.45) is 0.200. The van der Waals surface area contributed by atoms with Crippen molar-refractivity contribution in [1.82, 2.24) is 4.72 Å². The van der Waals surface area contributed by atoms with Gasteiger partial charge in [-0.25, -0.2) is 21.9 Å². The van der Waals surface area contributed by atoms with E-state index >= 15 is 0 Å². The summed E-state index contributed by atoms with van der Waals surface area (Å²) in [4.78, 5) is -0.202. The van der Waals surface area contributed by atoms with E-state index in [2.05, 4.69) is 4.72 Å². The first-order valence-corrected chi connectivity index (χ1v) is 8.58. The molecule has 0 saturated heterocycles. The van der Waals surface area contributed by atoms with Gasteiger partial charge in [0.1, 0.15) is 5.82 Å². The van der Waals surface area contributed by atoms with Crippen LogP contribution in [0.1, 0.15) is 12.5 Å². The monoisotopic (exact) mass is 341 g/mol. The highest BCUT2D eigenvalue weighted by Crippen LogP contribution is 2.21. The molecule has 0 heterocycles. The van der Waals surface area contributed by atoms with Gasteiger partial charge in [0.15, 0.2) is 11.6 Å². The smallest absolute Gasteiger partial charge is 0.240 e. The van der Waals surface area contributed by atoms with Crippen molar-refractivity contribution in [2.45, 2.75) is 18.2 Å². The van der Waals surface area contributed by atoms with E-state index in [-0.39, 0.29) is 36.0 Å². The molecule has 124 valence electrons. The zero-order chi connectivity index (χ0) is 16.9. The number of ether oxygens (including phenoxy) is 1. The van der Waals surface area contributed by atoms with Gasteiger partial charge in [0.05, 0.1) is 11.5 Å². The Morgan fingerprint density at radius 1 is 1.09 bits per heavy atom. The standard InChI is InChI=1S/C16H17F2NO3S/c1-2-22-16-8-7-13(11-15(16)18)23(20,21)19-10-9-12-5-3-4-6-14(12)17/h3-8,11,19H,2,9-10H2,1H3. The van der Waals surface area contributed by atoms with Crippen molar-refractivity contribution >= 4 is 10.0 Å². The van der Waals surface area contributed by atoms with Crippen molar-refractivity contribution < 1.29 is 21.9 Å². The first-order chi connectivity index (χ1) is 10.9. The van der Waals surface area contributed by atoms with Gasteiger partial charge >= 0.3 is 0 Å². The Hall–Kier alpha value is -1.99. The van der Waals surface area contributed by atoms with E-state index in [0.29, 0.717) is 5.56 Å². The van der Waals surface area contributed by atoms with Crippen LogP contribution in [0.5, 0.6) is 5.75 Å². The zero-order valence-corrected chi connectivity index (χ0v) is 13.4. The van der Waals surface area contributed by atoms with Crippen molar-refractivity contribution in [3.8, 4) is 5.75 Å². The molecular formula is C16H17F2NO3S. The Bertz CT molecular complexity index is 779. The van der Waals surface area contributed by atoms with Crippen molar-refractivity contribution in [2.75, 3.05) is 13.2 Å². The Morgan fingerprint density at radius 2 is 1.83 bits per heavy atom. The number of rotatable bonds is 7. The van der Waals surface area contributed by atoms with Crippen LogP contribution in [-0.2, 0) is 16.4 Å². The molecule has 0 fully saturated rings. The third kappa shape index (κ3) is 4.49. The lowest BCUT2D eigenvalue weighted by Crippen LogP contribution is -2.26. The van der Waals surface area contributed by atoms with Gasteiger partial charge in [-0.1, -0.05) is 18.2 Å². The van der Waals surface area contributed by atoms with E-state index in [9.17, 15) is 17.2 Å². The van der Waals surface area contributed by atoms with Crippen LogP contribution in [0.15, 0.2) is 47.4 Å². The molecule has 7 heteroatoms. The van der Waals surface area contributed by atoms with Crippen LogP contribution < -0.4 is 9.46 Å². The number of hydrogen-bond donors (Lipinski definition) is 1. The summed E-state index contributed by atoms with van der Waals surface area (Å²) >= 11 is 0. The predicted octanol–water partition coefficient (Wildman–Crippen LogP) is 2.88. The topological polar surface area (TPSA) is 55.4 Å². The van der Waals surface area contributed by atoms with Crippen molar-refractivity contribution in [2.24, 2.45) is 0 Å². The summed E-state index contributed by atoms with van der Waals surface area (Å²) < 4.78 is 58.8. The number of hydrogen-bond acceptors (Lipinski definition) is 3. The SMILES string of the molecule is CCOc1ccc(S(=O)(=O)NCCc2ccccc2F)cc1F. The third-order valence-electron chi connectivity index (χ3n) is 3.16. The molecule has 0 aromatic heterocycles. The fraction of sp³-hybridized carbons (Fsp3) is 0.250. The molecule has 0 aliphatic heterocycles. The molecule has 0 saturated carbocycles. The highest BCUT2D eigenvalue weighted by atomic mass is 32.2. The second-order valence-electron chi connectivity index (χ2n) is 4.76. The molecule has 0 aliphatic carbocycles. The Balaban J connectivity index is 2.04. The molecule has 2 aromatic rings. The summed E-state index contributed by atoms with van der Waals surface area (Å²) in [5.74, 6) is -1.14. The van der Waals surface area contributed by atoms with Crippen LogP contribution in [0.2, 0.25) is 0 Å². The average molecular weight is 341 g/mol. The molecule has 2 aromatic carbocycles. The van der Waals surface area contributed by atoms with Gasteiger partial charge in [-0.2, -0.15) is 0 Å². The van der Waals surface area contributed by atoms with E-state index < -0.39 is 15.8 Å². The molecule has 0 bridgehead atoms. The number of sulfonamides is 1. The van der Waals surface area contributed by atoms with Crippen molar-refractivity contribution in [3.05, 3.63) is 59.7 Å². The quantitative estimate of drug-likeness (QED) is 0.842. The van der Waals surface area contributed by atoms with E-state index in [1.165, 1.54) is 18.2 Å². The third-order valence-corrected chi connectivity index (χ3v) is 4.62. The summed E-state index contributed by atoms with van der Waals surface area (Å²) in [6.45, 7) is 2.00. The first-order valence-electron chi connectivity index (χ1n) is 7.09. The van der Waals surface area contributed by atoms with Crippen LogP contribution in [-0.4, -0.2) is 21.6 Å². The Labute approximate surface area is 134 Å². The molecule has 23 heavy (non-hydrogen) atoms. The van der Waals surface area contributed by atoms with Gasteiger partial charge < -0.3 is 4.74 Å². The van der Waals surface area contributed by atoms with Crippen LogP contribution in [0, 0.1) is 11.6 Å². The van der Waals surface area contributed by atoms with E-state index in [4.69, 9.17) is 4.74 Å². The molecule has 0 radical (unpaired) electrons. The predicted molar refractivity (Wildman–Crippen MR) is 82.9 cm³/mol. The number of benzene rings is 2. The maximum absolute atomic E-state index is 13.7.